The van der Waals surface area contributed by atoms with Gasteiger partial charge in [0.2, 0.25) is 0 Å². The average Bonchev–Trinajstić information content (AvgIpc) is 3.29. The average molecular weight is 510 g/mol. The number of rotatable bonds is 7. The van der Waals surface area contributed by atoms with Crippen molar-refractivity contribution in [3.63, 3.8) is 0 Å². The smallest absolute Gasteiger partial charge is 0.331 e. The van der Waals surface area contributed by atoms with Crippen LogP contribution < -0.4 is 16.6 Å². The molecular formula is C31H35N5O2. The summed E-state index contributed by atoms with van der Waals surface area (Å²) in [5.74, 6) is 0.916. The van der Waals surface area contributed by atoms with Gasteiger partial charge in [0.1, 0.15) is 11.2 Å². The number of pyridine rings is 1. The van der Waals surface area contributed by atoms with Crippen LogP contribution in [0.1, 0.15) is 33.3 Å². The normalized spacial score (nSPS) is 10.9. The first-order valence-electron chi connectivity index (χ1n) is 13.1. The van der Waals surface area contributed by atoms with Crippen LogP contribution in [0.3, 0.4) is 0 Å². The predicted octanol–water partition coefficient (Wildman–Crippen LogP) is 6.04. The van der Waals surface area contributed by atoms with Crippen molar-refractivity contribution in [2.24, 2.45) is 13.0 Å². The number of benzene rings is 2. The second-order valence-electron chi connectivity index (χ2n) is 9.42. The molecule has 0 fully saturated rings. The summed E-state index contributed by atoms with van der Waals surface area (Å²) < 4.78 is 4.93. The quantitative estimate of drug-likeness (QED) is 0.290. The number of nitrogens with one attached hydrogen (secondary N) is 1. The standard InChI is InChI=1S/C29H29N5O2.C2H6/c1-20(2)17-34-25-19-33(18-21-12-14-22(15-13-21)24-11-7-8-16-30-24)27(31-23-9-5-4-6-10-23)26(25)28(35)32(3)29(34)36;1-2/h4-16,19-20,31H,17-18H2,1-3H3;1-2H3. The lowest BCUT2D eigenvalue weighted by atomic mass is 10.1. The van der Waals surface area contributed by atoms with E-state index >= 15 is 0 Å². The lowest BCUT2D eigenvalue weighted by molar-refractivity contribution is 0.502. The summed E-state index contributed by atoms with van der Waals surface area (Å²) in [5.41, 5.74) is 3.93. The van der Waals surface area contributed by atoms with Gasteiger partial charge in [0, 0.05) is 43.8 Å². The van der Waals surface area contributed by atoms with Crippen LogP contribution in [-0.2, 0) is 20.1 Å². The minimum absolute atomic E-state index is 0.247. The summed E-state index contributed by atoms with van der Waals surface area (Å²) in [7, 11) is 1.54. The lowest BCUT2D eigenvalue weighted by Crippen LogP contribution is -2.38. The highest BCUT2D eigenvalue weighted by Crippen LogP contribution is 2.28. The topological polar surface area (TPSA) is 73.8 Å². The molecule has 0 aliphatic heterocycles. The molecular weight excluding hydrogens is 474 g/mol. The summed E-state index contributed by atoms with van der Waals surface area (Å²) in [6, 6.07) is 23.9. The van der Waals surface area contributed by atoms with Crippen molar-refractivity contribution in [1.29, 1.82) is 0 Å². The summed E-state index contributed by atoms with van der Waals surface area (Å²) in [5, 5.41) is 3.95. The Hall–Kier alpha value is -4.39. The molecule has 0 saturated heterocycles. The van der Waals surface area contributed by atoms with Crippen molar-refractivity contribution in [2.45, 2.75) is 40.8 Å². The lowest BCUT2D eigenvalue weighted by Gasteiger charge is -2.13. The monoisotopic (exact) mass is 509 g/mol. The molecule has 7 heteroatoms. The molecule has 196 valence electrons. The molecule has 0 spiro atoms. The Balaban J connectivity index is 0.00000164. The van der Waals surface area contributed by atoms with Crippen molar-refractivity contribution in [3.8, 4) is 11.3 Å². The van der Waals surface area contributed by atoms with Crippen LogP contribution in [0.15, 0.2) is 94.8 Å². The highest BCUT2D eigenvalue weighted by molar-refractivity contribution is 5.92. The van der Waals surface area contributed by atoms with E-state index in [1.54, 1.807) is 17.8 Å². The SMILES string of the molecule is CC.CC(C)Cn1c(=O)n(C)c(=O)c2c(Nc3ccccc3)n(Cc3ccc(-c4ccccn4)cc3)cc21. The molecule has 0 atom stereocenters. The Bertz CT molecular complexity index is 1610. The number of nitrogens with zero attached hydrogens (tertiary/aromatic N) is 4. The molecule has 0 aliphatic rings. The minimum atomic E-state index is -0.308. The van der Waals surface area contributed by atoms with Crippen LogP contribution in [0.4, 0.5) is 11.5 Å². The van der Waals surface area contributed by atoms with Crippen molar-refractivity contribution in [2.75, 3.05) is 5.32 Å². The number of aromatic nitrogens is 4. The second-order valence-corrected chi connectivity index (χ2v) is 9.42. The highest BCUT2D eigenvalue weighted by atomic mass is 16.2. The third-order valence-electron chi connectivity index (χ3n) is 6.24. The van der Waals surface area contributed by atoms with Gasteiger partial charge in [-0.05, 0) is 35.7 Å². The zero-order valence-corrected chi connectivity index (χ0v) is 22.7. The maximum atomic E-state index is 13.4. The number of hydrogen-bond donors (Lipinski definition) is 1. The second kappa shape index (κ2) is 11.8. The van der Waals surface area contributed by atoms with E-state index < -0.39 is 0 Å². The van der Waals surface area contributed by atoms with Gasteiger partial charge in [0.25, 0.3) is 5.56 Å². The van der Waals surface area contributed by atoms with Crippen LogP contribution in [0, 0.1) is 5.92 Å². The summed E-state index contributed by atoms with van der Waals surface area (Å²) in [6.07, 6.45) is 3.70. The van der Waals surface area contributed by atoms with Crippen molar-refractivity contribution < 1.29 is 0 Å². The van der Waals surface area contributed by atoms with Crippen LogP contribution >= 0.6 is 0 Å². The molecule has 2 aromatic carbocycles. The Kier molecular flexibility index (Phi) is 8.26. The van der Waals surface area contributed by atoms with E-state index in [0.717, 1.165) is 22.5 Å². The molecule has 0 aliphatic carbocycles. The first kappa shape index (κ1) is 26.7. The van der Waals surface area contributed by atoms with Gasteiger partial charge in [0.05, 0.1) is 11.2 Å². The van der Waals surface area contributed by atoms with Gasteiger partial charge in [-0.1, -0.05) is 76.2 Å². The van der Waals surface area contributed by atoms with E-state index in [2.05, 4.69) is 48.4 Å². The van der Waals surface area contributed by atoms with Gasteiger partial charge < -0.3 is 9.88 Å². The van der Waals surface area contributed by atoms with Crippen molar-refractivity contribution in [1.82, 2.24) is 18.7 Å². The Labute approximate surface area is 223 Å². The molecule has 5 aromatic rings. The maximum absolute atomic E-state index is 13.4. The van der Waals surface area contributed by atoms with E-state index in [1.807, 2.05) is 73.1 Å². The molecule has 1 N–H and O–H groups in total. The maximum Gasteiger partial charge on any atom is 0.331 e. The number of para-hydroxylation sites is 1. The molecule has 0 unspecified atom stereocenters. The molecule has 0 amide bonds. The Morgan fingerprint density at radius 3 is 2.21 bits per heavy atom. The summed E-state index contributed by atoms with van der Waals surface area (Å²) >= 11 is 0. The molecule has 38 heavy (non-hydrogen) atoms. The fourth-order valence-corrected chi connectivity index (χ4v) is 4.47. The first-order chi connectivity index (χ1) is 18.4. The molecule has 3 heterocycles. The van der Waals surface area contributed by atoms with Crippen LogP contribution in [0.5, 0.6) is 0 Å². The number of anilines is 2. The first-order valence-corrected chi connectivity index (χ1v) is 13.1. The highest BCUT2D eigenvalue weighted by Gasteiger charge is 2.20. The van der Waals surface area contributed by atoms with Gasteiger partial charge in [0.15, 0.2) is 0 Å². The molecule has 0 saturated carbocycles. The summed E-state index contributed by atoms with van der Waals surface area (Å²) in [6.45, 7) is 9.18. The molecule has 7 nitrogen and oxygen atoms in total. The number of fused-ring (bicyclic) bond motifs is 1. The van der Waals surface area contributed by atoms with E-state index in [0.29, 0.717) is 29.8 Å². The molecule has 0 radical (unpaired) electrons. The van der Waals surface area contributed by atoms with Crippen LogP contribution in [0.2, 0.25) is 0 Å². The van der Waals surface area contributed by atoms with Crippen LogP contribution in [0.25, 0.3) is 22.2 Å². The Morgan fingerprint density at radius 2 is 1.58 bits per heavy atom. The van der Waals surface area contributed by atoms with Crippen molar-refractivity contribution in [3.05, 3.63) is 112 Å². The van der Waals surface area contributed by atoms with Gasteiger partial charge in [-0.2, -0.15) is 0 Å². The Morgan fingerprint density at radius 1 is 0.895 bits per heavy atom. The summed E-state index contributed by atoms with van der Waals surface area (Å²) in [4.78, 5) is 30.8. The number of hydrogen-bond acceptors (Lipinski definition) is 4. The van der Waals surface area contributed by atoms with Gasteiger partial charge in [-0.25, -0.2) is 4.79 Å². The van der Waals surface area contributed by atoms with Gasteiger partial charge in [-0.15, -0.1) is 0 Å². The zero-order valence-electron chi connectivity index (χ0n) is 22.7. The van der Waals surface area contributed by atoms with Gasteiger partial charge in [-0.3, -0.25) is 18.9 Å². The molecule has 0 bridgehead atoms. The molecule has 5 rings (SSSR count). The van der Waals surface area contributed by atoms with E-state index in [4.69, 9.17) is 0 Å². The third kappa shape index (κ3) is 5.47. The third-order valence-corrected chi connectivity index (χ3v) is 6.24. The van der Waals surface area contributed by atoms with E-state index in [9.17, 15) is 9.59 Å². The molecule has 3 aromatic heterocycles. The van der Waals surface area contributed by atoms with E-state index in [-0.39, 0.29) is 17.2 Å². The predicted molar refractivity (Wildman–Crippen MR) is 156 cm³/mol. The minimum Gasteiger partial charge on any atom is -0.341 e. The van der Waals surface area contributed by atoms with Crippen molar-refractivity contribution >= 4 is 22.4 Å². The largest absolute Gasteiger partial charge is 0.341 e. The van der Waals surface area contributed by atoms with E-state index in [1.165, 1.54) is 4.57 Å². The fraction of sp³-hybridized carbons (Fsp3) is 0.258. The fourth-order valence-electron chi connectivity index (χ4n) is 4.47. The van der Waals surface area contributed by atoms with Gasteiger partial charge >= 0.3 is 5.69 Å². The zero-order chi connectivity index (χ0) is 27.2. The van der Waals surface area contributed by atoms with Crippen LogP contribution in [-0.4, -0.2) is 18.7 Å².